The summed E-state index contributed by atoms with van der Waals surface area (Å²) in [7, 11) is 0. The molecular formula is C11H14NO. The predicted octanol–water partition coefficient (Wildman–Crippen LogP) is 1.45. The molecule has 13 heavy (non-hydrogen) atoms. The third kappa shape index (κ3) is 1.68. The third-order valence-electron chi connectivity index (χ3n) is 2.61. The first-order chi connectivity index (χ1) is 6.42. The topological polar surface area (TPSA) is 23.5 Å². The van der Waals surface area contributed by atoms with Gasteiger partial charge in [0.05, 0.1) is 12.6 Å². The van der Waals surface area contributed by atoms with Crippen LogP contribution in [0.3, 0.4) is 0 Å². The van der Waals surface area contributed by atoms with E-state index >= 15 is 0 Å². The summed E-state index contributed by atoms with van der Waals surface area (Å²) in [6.45, 7) is 1.32. The van der Waals surface area contributed by atoms with E-state index in [1.54, 1.807) is 0 Å². The molecule has 0 saturated carbocycles. The molecule has 1 aromatic rings. The minimum absolute atomic E-state index is 0.259. The number of aliphatic hydroxyl groups excluding tert-OH is 1. The first-order valence-corrected chi connectivity index (χ1v) is 4.75. The van der Waals surface area contributed by atoms with Crippen molar-refractivity contribution in [3.63, 3.8) is 0 Å². The van der Waals surface area contributed by atoms with Crippen LogP contribution in [0.5, 0.6) is 0 Å². The highest BCUT2D eigenvalue weighted by Gasteiger charge is 2.23. The lowest BCUT2D eigenvalue weighted by molar-refractivity contribution is 0.266. The number of rotatable bonds is 2. The van der Waals surface area contributed by atoms with Crippen LogP contribution in [-0.2, 0) is 0 Å². The molecule has 1 aliphatic rings. The molecule has 1 aliphatic heterocycles. The molecule has 0 aliphatic carbocycles. The second-order valence-corrected chi connectivity index (χ2v) is 3.43. The largest absolute Gasteiger partial charge is 0.394 e. The minimum Gasteiger partial charge on any atom is -0.394 e. The van der Waals surface area contributed by atoms with Crippen LogP contribution in [0.1, 0.15) is 12.8 Å². The fourth-order valence-electron chi connectivity index (χ4n) is 1.93. The molecule has 1 saturated heterocycles. The molecular weight excluding hydrogens is 162 g/mol. The van der Waals surface area contributed by atoms with E-state index in [4.69, 9.17) is 5.11 Å². The number of aliphatic hydroxyl groups is 1. The summed E-state index contributed by atoms with van der Waals surface area (Å²) in [5.74, 6) is 0. The fraction of sp³-hybridized carbons (Fsp3) is 0.455. The maximum Gasteiger partial charge on any atom is 0.0635 e. The number of hydrogen-bond acceptors (Lipinski definition) is 2. The van der Waals surface area contributed by atoms with Crippen molar-refractivity contribution < 1.29 is 5.11 Å². The molecule has 1 unspecified atom stereocenters. The Morgan fingerprint density at radius 1 is 1.62 bits per heavy atom. The van der Waals surface area contributed by atoms with Gasteiger partial charge in [-0.2, -0.15) is 0 Å². The van der Waals surface area contributed by atoms with Gasteiger partial charge in [0.2, 0.25) is 0 Å². The van der Waals surface area contributed by atoms with Crippen LogP contribution >= 0.6 is 0 Å². The lowest BCUT2D eigenvalue weighted by atomic mass is 10.2. The standard InChI is InChI=1S/C11H14NO/c13-9-11-7-4-8-12(11)10-5-2-1-3-6-10/h1-2,5-6,11,13H,4,7-9H2. The van der Waals surface area contributed by atoms with E-state index < -0.39 is 0 Å². The first kappa shape index (κ1) is 8.57. The minimum atomic E-state index is 0.259. The van der Waals surface area contributed by atoms with Crippen molar-refractivity contribution in [2.24, 2.45) is 0 Å². The molecule has 1 atom stereocenters. The van der Waals surface area contributed by atoms with E-state index in [9.17, 15) is 0 Å². The van der Waals surface area contributed by atoms with Crippen molar-refractivity contribution in [2.45, 2.75) is 18.9 Å². The number of benzene rings is 1. The van der Waals surface area contributed by atoms with E-state index in [1.165, 1.54) is 12.1 Å². The molecule has 1 fully saturated rings. The lowest BCUT2D eigenvalue weighted by Crippen LogP contribution is -2.31. The van der Waals surface area contributed by atoms with Gasteiger partial charge < -0.3 is 10.0 Å². The Morgan fingerprint density at radius 2 is 2.54 bits per heavy atom. The average Bonchev–Trinajstić information content (AvgIpc) is 2.67. The molecule has 1 radical (unpaired) electrons. The van der Waals surface area contributed by atoms with Crippen molar-refractivity contribution in [1.29, 1.82) is 0 Å². The number of nitrogens with zero attached hydrogens (tertiary/aromatic N) is 1. The van der Waals surface area contributed by atoms with Gasteiger partial charge in [-0.15, -0.1) is 0 Å². The van der Waals surface area contributed by atoms with Crippen molar-refractivity contribution in [2.75, 3.05) is 18.1 Å². The Labute approximate surface area is 78.8 Å². The van der Waals surface area contributed by atoms with Crippen molar-refractivity contribution in [3.8, 4) is 0 Å². The van der Waals surface area contributed by atoms with Gasteiger partial charge in [-0.3, -0.25) is 0 Å². The Kier molecular flexibility index (Phi) is 2.50. The molecule has 2 heteroatoms. The maximum absolute atomic E-state index is 9.15. The molecule has 1 N–H and O–H groups in total. The second-order valence-electron chi connectivity index (χ2n) is 3.43. The van der Waals surface area contributed by atoms with Gasteiger partial charge in [-0.25, -0.2) is 0 Å². The van der Waals surface area contributed by atoms with Crippen LogP contribution in [-0.4, -0.2) is 24.3 Å². The SMILES string of the molecule is OCC1CCCN1c1c[c]ccc1. The molecule has 0 bridgehead atoms. The zero-order valence-corrected chi connectivity index (χ0v) is 7.61. The van der Waals surface area contributed by atoms with Gasteiger partial charge in [-0.05, 0) is 31.0 Å². The molecule has 2 nitrogen and oxygen atoms in total. The van der Waals surface area contributed by atoms with Crippen LogP contribution < -0.4 is 4.90 Å². The van der Waals surface area contributed by atoms with Crippen molar-refractivity contribution >= 4 is 5.69 Å². The number of anilines is 1. The Bertz CT molecular complexity index is 260. The number of hydrogen-bond donors (Lipinski definition) is 1. The summed E-state index contributed by atoms with van der Waals surface area (Å²) in [4.78, 5) is 2.26. The fourth-order valence-corrected chi connectivity index (χ4v) is 1.93. The lowest BCUT2D eigenvalue weighted by Gasteiger charge is -2.24. The van der Waals surface area contributed by atoms with Gasteiger partial charge >= 0.3 is 0 Å². The van der Waals surface area contributed by atoms with Crippen LogP contribution in [0.4, 0.5) is 5.69 Å². The molecule has 0 aromatic heterocycles. The van der Waals surface area contributed by atoms with Crippen LogP contribution in [0.15, 0.2) is 24.3 Å². The summed E-state index contributed by atoms with van der Waals surface area (Å²) < 4.78 is 0. The molecule has 2 rings (SSSR count). The zero-order chi connectivity index (χ0) is 9.10. The highest BCUT2D eigenvalue weighted by Crippen LogP contribution is 2.24. The quantitative estimate of drug-likeness (QED) is 0.737. The molecule has 0 amide bonds. The van der Waals surface area contributed by atoms with Crippen LogP contribution in [0, 0.1) is 6.07 Å². The summed E-state index contributed by atoms with van der Waals surface area (Å²) >= 11 is 0. The molecule has 0 spiro atoms. The summed E-state index contributed by atoms with van der Waals surface area (Å²) in [6.07, 6.45) is 2.28. The molecule has 1 heterocycles. The molecule has 69 valence electrons. The van der Waals surface area contributed by atoms with E-state index in [0.717, 1.165) is 13.0 Å². The molecule has 1 aromatic carbocycles. The Hall–Kier alpha value is -1.02. The van der Waals surface area contributed by atoms with E-state index in [0.29, 0.717) is 6.04 Å². The highest BCUT2D eigenvalue weighted by molar-refractivity contribution is 5.47. The third-order valence-corrected chi connectivity index (χ3v) is 2.61. The van der Waals surface area contributed by atoms with Crippen LogP contribution in [0.25, 0.3) is 0 Å². The van der Waals surface area contributed by atoms with Crippen molar-refractivity contribution in [3.05, 3.63) is 30.3 Å². The Balaban J connectivity index is 2.16. The monoisotopic (exact) mass is 176 g/mol. The van der Waals surface area contributed by atoms with E-state index in [1.807, 2.05) is 18.2 Å². The van der Waals surface area contributed by atoms with E-state index in [2.05, 4.69) is 17.0 Å². The smallest absolute Gasteiger partial charge is 0.0635 e. The first-order valence-electron chi connectivity index (χ1n) is 4.75. The van der Waals surface area contributed by atoms with Gasteiger partial charge in [0, 0.05) is 12.2 Å². The summed E-state index contributed by atoms with van der Waals surface area (Å²) in [5.41, 5.74) is 1.18. The summed E-state index contributed by atoms with van der Waals surface area (Å²) in [6, 6.07) is 11.3. The zero-order valence-electron chi connectivity index (χ0n) is 7.61. The second kappa shape index (κ2) is 3.79. The van der Waals surface area contributed by atoms with Gasteiger partial charge in [-0.1, -0.05) is 12.1 Å². The Morgan fingerprint density at radius 3 is 3.23 bits per heavy atom. The van der Waals surface area contributed by atoms with Crippen molar-refractivity contribution in [1.82, 2.24) is 0 Å². The summed E-state index contributed by atoms with van der Waals surface area (Å²) in [5, 5.41) is 9.15. The normalized spacial score (nSPS) is 22.2. The van der Waals surface area contributed by atoms with Crippen LogP contribution in [0.2, 0.25) is 0 Å². The van der Waals surface area contributed by atoms with Gasteiger partial charge in [0.1, 0.15) is 0 Å². The maximum atomic E-state index is 9.15. The predicted molar refractivity (Wildman–Crippen MR) is 52.7 cm³/mol. The van der Waals surface area contributed by atoms with Gasteiger partial charge in [0.15, 0.2) is 0 Å². The van der Waals surface area contributed by atoms with Gasteiger partial charge in [0.25, 0.3) is 0 Å². The van der Waals surface area contributed by atoms with E-state index in [-0.39, 0.29) is 6.61 Å². The average molecular weight is 176 g/mol. The highest BCUT2D eigenvalue weighted by atomic mass is 16.3.